The number of methoxy groups -OCH3 is 1. The second-order valence-electron chi connectivity index (χ2n) is 12.8. The zero-order valence-electron chi connectivity index (χ0n) is 30.3. The smallest absolute Gasteiger partial charge is 0.432 e. The molecule has 2 atom stereocenters. The van der Waals surface area contributed by atoms with Crippen LogP contribution in [0.5, 0.6) is 0 Å². The number of carbonyl (C=O) groups is 6. The highest BCUT2D eigenvalue weighted by molar-refractivity contribution is 6.01. The number of aliphatic hydroxyl groups excluding tert-OH is 1. The maximum atomic E-state index is 13.2. The van der Waals surface area contributed by atoms with Crippen molar-refractivity contribution in [3.8, 4) is 11.1 Å². The van der Waals surface area contributed by atoms with Gasteiger partial charge in [0.15, 0.2) is 5.78 Å². The lowest BCUT2D eigenvalue weighted by molar-refractivity contribution is -0.177. The fourth-order valence-electron chi connectivity index (χ4n) is 6.02. The van der Waals surface area contributed by atoms with Crippen molar-refractivity contribution in [2.45, 2.75) is 76.7 Å². The predicted molar refractivity (Wildman–Crippen MR) is 191 cm³/mol. The highest BCUT2D eigenvalue weighted by Gasteiger charge is 2.35. The molecular weight excluding hydrogens is 690 g/mol. The number of Topliss-reactive ketones (excluding diaryl/α,β-unsaturated/α-hetero) is 1. The van der Waals surface area contributed by atoms with Crippen LogP contribution in [-0.4, -0.2) is 105 Å². The number of nitrogens with zero attached hydrogens (tertiary/aromatic N) is 1. The fourth-order valence-corrected chi connectivity index (χ4v) is 6.02. The first kappa shape index (κ1) is 41.1. The standard InChI is InChI=1S/C38H49N3O12/c1-25(15-17-42)51-20-4-6-33(43)26-9-11-28-29-12-10-27(40-35(45)8-3-7-34(44)39-16-21-50-19-5-18-49-2)23-31(29)32(30(28)22-26)24-52-38(48)53-41-36(46)13-14-37(41)47/h9-12,22-23,25,32,42H,3-8,13-21,24H2,1-2H3,(H,39,44)(H,40,45). The Kier molecular flexibility index (Phi) is 16.4. The van der Waals surface area contributed by atoms with Gasteiger partial charge in [-0.3, -0.25) is 28.8 Å². The van der Waals surface area contributed by atoms with E-state index in [1.807, 2.05) is 19.1 Å². The van der Waals surface area contributed by atoms with Crippen molar-refractivity contribution in [2.75, 3.05) is 58.6 Å². The van der Waals surface area contributed by atoms with E-state index in [1.54, 1.807) is 31.4 Å². The number of amides is 4. The molecule has 2 aromatic carbocycles. The molecule has 53 heavy (non-hydrogen) atoms. The third kappa shape index (κ3) is 12.4. The molecule has 1 aliphatic heterocycles. The Bertz CT molecular complexity index is 1600. The Hall–Kier alpha value is -4.70. The van der Waals surface area contributed by atoms with Gasteiger partial charge in [-0.25, -0.2) is 4.79 Å². The van der Waals surface area contributed by atoms with Crippen LogP contribution in [0.15, 0.2) is 36.4 Å². The Labute approximate surface area is 308 Å². The number of ether oxygens (including phenoxy) is 4. The highest BCUT2D eigenvalue weighted by Crippen LogP contribution is 2.46. The molecule has 15 heteroatoms. The number of carbonyl (C=O) groups excluding carboxylic acids is 6. The van der Waals surface area contributed by atoms with Crippen LogP contribution >= 0.6 is 0 Å². The summed E-state index contributed by atoms with van der Waals surface area (Å²) in [6.07, 6.45) is 1.19. The van der Waals surface area contributed by atoms with Crippen LogP contribution in [0.4, 0.5) is 10.5 Å². The fraction of sp³-hybridized carbons (Fsp3) is 0.526. The average Bonchev–Trinajstić information content (AvgIpc) is 3.62. The van der Waals surface area contributed by atoms with Crippen LogP contribution in [-0.2, 0) is 43.0 Å². The van der Waals surface area contributed by atoms with Crippen LogP contribution in [0.3, 0.4) is 0 Å². The summed E-state index contributed by atoms with van der Waals surface area (Å²) in [5.74, 6) is -2.40. The second-order valence-corrected chi connectivity index (χ2v) is 12.8. The van der Waals surface area contributed by atoms with E-state index in [2.05, 4.69) is 10.6 Å². The minimum Gasteiger partial charge on any atom is -0.432 e. The van der Waals surface area contributed by atoms with Crippen LogP contribution in [0.1, 0.15) is 92.1 Å². The van der Waals surface area contributed by atoms with Crippen LogP contribution in [0, 0.1) is 0 Å². The Balaban J connectivity index is 1.38. The van der Waals surface area contributed by atoms with Crippen LogP contribution in [0.2, 0.25) is 0 Å². The largest absolute Gasteiger partial charge is 0.533 e. The molecule has 0 radical (unpaired) electrons. The predicted octanol–water partition coefficient (Wildman–Crippen LogP) is 4.04. The van der Waals surface area contributed by atoms with E-state index in [0.29, 0.717) is 68.5 Å². The third-order valence-electron chi connectivity index (χ3n) is 8.79. The summed E-state index contributed by atoms with van der Waals surface area (Å²) in [5.41, 5.74) is 4.02. The number of benzene rings is 2. The van der Waals surface area contributed by atoms with E-state index in [0.717, 1.165) is 28.7 Å². The average molecular weight is 740 g/mol. The molecule has 4 rings (SSSR count). The summed E-state index contributed by atoms with van der Waals surface area (Å²) in [7, 11) is 1.62. The molecule has 1 aliphatic carbocycles. The number of anilines is 1. The molecule has 2 unspecified atom stereocenters. The van der Waals surface area contributed by atoms with Gasteiger partial charge in [-0.05, 0) is 73.1 Å². The molecule has 3 N–H and O–H groups in total. The first-order chi connectivity index (χ1) is 25.6. The topological polar surface area (TPSA) is 196 Å². The molecular formula is C38H49N3O12. The molecule has 0 saturated carbocycles. The molecule has 0 aromatic heterocycles. The molecule has 0 spiro atoms. The van der Waals surface area contributed by atoms with Gasteiger partial charge in [-0.1, -0.05) is 23.3 Å². The maximum Gasteiger partial charge on any atom is 0.533 e. The summed E-state index contributed by atoms with van der Waals surface area (Å²) >= 11 is 0. The molecule has 2 aromatic rings. The normalized spacial score (nSPS) is 15.2. The Morgan fingerprint density at radius 3 is 2.32 bits per heavy atom. The lowest BCUT2D eigenvalue weighted by Crippen LogP contribution is -2.32. The summed E-state index contributed by atoms with van der Waals surface area (Å²) in [6.45, 7) is 3.94. The van der Waals surface area contributed by atoms with Crippen molar-refractivity contribution in [1.29, 1.82) is 0 Å². The Morgan fingerprint density at radius 2 is 1.58 bits per heavy atom. The summed E-state index contributed by atoms with van der Waals surface area (Å²) in [6, 6.07) is 10.7. The molecule has 0 bridgehead atoms. The van der Waals surface area contributed by atoms with Crippen molar-refractivity contribution in [1.82, 2.24) is 10.4 Å². The summed E-state index contributed by atoms with van der Waals surface area (Å²) in [5, 5.41) is 15.1. The number of fused-ring (bicyclic) bond motifs is 3. The van der Waals surface area contributed by atoms with E-state index < -0.39 is 23.9 Å². The number of ketones is 1. The summed E-state index contributed by atoms with van der Waals surface area (Å²) in [4.78, 5) is 79.6. The van der Waals surface area contributed by atoms with Crippen molar-refractivity contribution >= 4 is 41.3 Å². The quantitative estimate of drug-likeness (QED) is 0.0642. The van der Waals surface area contributed by atoms with Crippen LogP contribution < -0.4 is 10.6 Å². The third-order valence-corrected chi connectivity index (χ3v) is 8.79. The summed E-state index contributed by atoms with van der Waals surface area (Å²) < 4.78 is 21.4. The lowest BCUT2D eigenvalue weighted by atomic mass is 9.94. The first-order valence-corrected chi connectivity index (χ1v) is 18.0. The van der Waals surface area contributed by atoms with Crippen molar-refractivity contribution < 1.29 is 57.7 Å². The zero-order valence-corrected chi connectivity index (χ0v) is 30.3. The maximum absolute atomic E-state index is 13.2. The molecule has 1 heterocycles. The monoisotopic (exact) mass is 739 g/mol. The number of imide groups is 1. The van der Waals surface area contributed by atoms with Gasteiger partial charge in [0.05, 0.1) is 12.7 Å². The first-order valence-electron chi connectivity index (χ1n) is 18.0. The number of nitrogens with one attached hydrogen (secondary N) is 2. The number of hydrogen-bond acceptors (Lipinski definition) is 12. The van der Waals surface area contributed by atoms with Crippen molar-refractivity contribution in [2.24, 2.45) is 0 Å². The van der Waals surface area contributed by atoms with E-state index in [4.69, 9.17) is 28.9 Å². The molecule has 15 nitrogen and oxygen atoms in total. The molecule has 288 valence electrons. The highest BCUT2D eigenvalue weighted by atomic mass is 16.8. The SMILES string of the molecule is COCCCOCCNC(=O)CCCC(=O)Nc1ccc2c(c1)C(COC(=O)ON1C(=O)CCC1=O)c1cc(C(=O)CCCOC(C)CCO)ccc1-2. The molecule has 2 aliphatic rings. The lowest BCUT2D eigenvalue weighted by Gasteiger charge is -2.17. The van der Waals surface area contributed by atoms with E-state index in [9.17, 15) is 28.8 Å². The van der Waals surface area contributed by atoms with E-state index >= 15 is 0 Å². The van der Waals surface area contributed by atoms with Gasteiger partial charge in [0.25, 0.3) is 11.8 Å². The van der Waals surface area contributed by atoms with Crippen molar-refractivity contribution in [3.63, 3.8) is 0 Å². The van der Waals surface area contributed by atoms with Gasteiger partial charge < -0.3 is 34.7 Å². The molecule has 1 fully saturated rings. The van der Waals surface area contributed by atoms with Gasteiger partial charge in [-0.15, -0.1) is 0 Å². The Morgan fingerprint density at radius 1 is 0.868 bits per heavy atom. The van der Waals surface area contributed by atoms with Gasteiger partial charge in [0.1, 0.15) is 6.61 Å². The number of hydrogen-bond donors (Lipinski definition) is 3. The second kappa shape index (κ2) is 21.1. The molecule has 1 saturated heterocycles. The van der Waals surface area contributed by atoms with Gasteiger partial charge in [0, 0.05) is 89.4 Å². The number of hydroxylamine groups is 2. The number of rotatable bonds is 23. The molecule has 4 amide bonds. The van der Waals surface area contributed by atoms with E-state index in [1.165, 1.54) is 0 Å². The van der Waals surface area contributed by atoms with Crippen molar-refractivity contribution in [3.05, 3.63) is 53.1 Å². The van der Waals surface area contributed by atoms with Gasteiger partial charge in [0.2, 0.25) is 11.8 Å². The van der Waals surface area contributed by atoms with Gasteiger partial charge in [-0.2, -0.15) is 0 Å². The minimum absolute atomic E-state index is 0.0243. The zero-order chi connectivity index (χ0) is 38.2. The van der Waals surface area contributed by atoms with E-state index in [-0.39, 0.29) is 69.0 Å². The minimum atomic E-state index is -1.23. The van der Waals surface area contributed by atoms with Gasteiger partial charge >= 0.3 is 6.16 Å². The van der Waals surface area contributed by atoms with Crippen LogP contribution in [0.25, 0.3) is 11.1 Å². The number of aliphatic hydroxyl groups is 1.